The molecule has 1 aromatic carbocycles. The van der Waals surface area contributed by atoms with E-state index in [2.05, 4.69) is 10.3 Å². The van der Waals surface area contributed by atoms with Crippen molar-refractivity contribution in [2.45, 2.75) is 19.4 Å². The lowest BCUT2D eigenvalue weighted by Gasteiger charge is -2.34. The number of carbonyl (C=O) groups is 2. The lowest BCUT2D eigenvalue weighted by Crippen LogP contribution is -2.58. The van der Waals surface area contributed by atoms with E-state index in [-0.39, 0.29) is 11.8 Å². The van der Waals surface area contributed by atoms with Crippen molar-refractivity contribution in [2.24, 2.45) is 0 Å². The van der Waals surface area contributed by atoms with E-state index in [0.717, 1.165) is 10.6 Å². The second-order valence-corrected chi connectivity index (χ2v) is 6.31. The van der Waals surface area contributed by atoms with E-state index >= 15 is 0 Å². The quantitative estimate of drug-likeness (QED) is 0.936. The van der Waals surface area contributed by atoms with Crippen molar-refractivity contribution < 1.29 is 9.59 Å². The Hall–Kier alpha value is -2.21. The van der Waals surface area contributed by atoms with Crippen LogP contribution in [0.4, 0.5) is 0 Å². The number of thiazole rings is 1. The molecule has 3 rings (SSSR count). The average Bonchev–Trinajstić information content (AvgIpc) is 2.96. The van der Waals surface area contributed by atoms with Gasteiger partial charge >= 0.3 is 0 Å². The molecule has 2 amide bonds. The van der Waals surface area contributed by atoms with Crippen LogP contribution in [0.25, 0.3) is 0 Å². The molecule has 0 saturated carbocycles. The topological polar surface area (TPSA) is 62.3 Å². The Morgan fingerprint density at radius 2 is 2.18 bits per heavy atom. The van der Waals surface area contributed by atoms with Crippen molar-refractivity contribution in [3.63, 3.8) is 0 Å². The Morgan fingerprint density at radius 3 is 2.86 bits per heavy atom. The minimum absolute atomic E-state index is 0.101. The van der Waals surface area contributed by atoms with Gasteiger partial charge in [0.1, 0.15) is 11.7 Å². The minimum atomic E-state index is -0.481. The normalized spacial score (nSPS) is 18.1. The van der Waals surface area contributed by atoms with E-state index < -0.39 is 6.04 Å². The lowest BCUT2D eigenvalue weighted by molar-refractivity contribution is -0.127. The molecule has 0 radical (unpaired) electrons. The summed E-state index contributed by atoms with van der Waals surface area (Å²) in [5.41, 5.74) is 1.46. The van der Waals surface area contributed by atoms with Gasteiger partial charge in [-0.15, -0.1) is 11.3 Å². The summed E-state index contributed by atoms with van der Waals surface area (Å²) in [6, 6.07) is 9.27. The Bertz CT molecular complexity index is 684. The highest BCUT2D eigenvalue weighted by atomic mass is 32.1. The number of rotatable bonds is 3. The number of nitrogens with one attached hydrogen (secondary N) is 1. The van der Waals surface area contributed by atoms with Gasteiger partial charge in [0.05, 0.1) is 5.01 Å². The van der Waals surface area contributed by atoms with Gasteiger partial charge in [-0.1, -0.05) is 30.3 Å². The maximum atomic E-state index is 12.6. The molecule has 1 atom stereocenters. The predicted molar refractivity (Wildman–Crippen MR) is 84.8 cm³/mol. The SMILES string of the molecule is Cc1nc(C(=O)N2CCNC(=O)C2Cc2ccccc2)cs1. The molecule has 1 unspecified atom stereocenters. The van der Waals surface area contributed by atoms with Gasteiger partial charge in [-0.2, -0.15) is 0 Å². The standard InChI is InChI=1S/C16H17N3O2S/c1-11-18-13(10-22-11)16(21)19-8-7-17-15(20)14(19)9-12-5-3-2-4-6-12/h2-6,10,14H,7-9H2,1H3,(H,17,20). The van der Waals surface area contributed by atoms with Crippen LogP contribution < -0.4 is 5.32 Å². The van der Waals surface area contributed by atoms with Crippen molar-refractivity contribution in [1.29, 1.82) is 0 Å². The molecule has 0 bridgehead atoms. The fraction of sp³-hybridized carbons (Fsp3) is 0.312. The third-order valence-corrected chi connectivity index (χ3v) is 4.48. The smallest absolute Gasteiger partial charge is 0.274 e. The van der Waals surface area contributed by atoms with Gasteiger partial charge in [-0.05, 0) is 12.5 Å². The number of carbonyl (C=O) groups excluding carboxylic acids is 2. The Balaban J connectivity index is 1.83. The highest BCUT2D eigenvalue weighted by Crippen LogP contribution is 2.17. The zero-order valence-corrected chi connectivity index (χ0v) is 13.1. The number of hydrogen-bond donors (Lipinski definition) is 1. The first-order chi connectivity index (χ1) is 10.6. The number of piperazine rings is 1. The van der Waals surface area contributed by atoms with Crippen LogP contribution in [-0.2, 0) is 11.2 Å². The van der Waals surface area contributed by atoms with Crippen LogP contribution in [0.1, 0.15) is 21.1 Å². The van der Waals surface area contributed by atoms with E-state index in [1.807, 2.05) is 37.3 Å². The predicted octanol–water partition coefficient (Wildman–Crippen LogP) is 1.63. The highest BCUT2D eigenvalue weighted by Gasteiger charge is 2.34. The first kappa shape index (κ1) is 14.7. The summed E-state index contributed by atoms with van der Waals surface area (Å²) in [4.78, 5) is 30.8. The number of aryl methyl sites for hydroxylation is 1. The molecule has 1 aliphatic heterocycles. The molecule has 22 heavy (non-hydrogen) atoms. The zero-order chi connectivity index (χ0) is 15.5. The van der Waals surface area contributed by atoms with Gasteiger partial charge in [0.15, 0.2) is 0 Å². The summed E-state index contributed by atoms with van der Waals surface area (Å²) >= 11 is 1.44. The number of amides is 2. The fourth-order valence-electron chi connectivity index (χ4n) is 2.61. The molecular weight excluding hydrogens is 298 g/mol. The molecule has 1 N–H and O–H groups in total. The third-order valence-electron chi connectivity index (χ3n) is 3.70. The molecule has 1 aromatic heterocycles. The van der Waals surface area contributed by atoms with E-state index in [0.29, 0.717) is 25.2 Å². The van der Waals surface area contributed by atoms with Crippen LogP contribution >= 0.6 is 11.3 Å². The Labute approximate surface area is 133 Å². The Morgan fingerprint density at radius 1 is 1.41 bits per heavy atom. The molecule has 1 fully saturated rings. The summed E-state index contributed by atoms with van der Waals surface area (Å²) in [6.45, 7) is 2.86. The maximum Gasteiger partial charge on any atom is 0.274 e. The largest absolute Gasteiger partial charge is 0.353 e. The first-order valence-corrected chi connectivity index (χ1v) is 8.08. The fourth-order valence-corrected chi connectivity index (χ4v) is 3.19. The van der Waals surface area contributed by atoms with Crippen molar-refractivity contribution in [3.8, 4) is 0 Å². The van der Waals surface area contributed by atoms with Crippen molar-refractivity contribution in [1.82, 2.24) is 15.2 Å². The van der Waals surface area contributed by atoms with Gasteiger partial charge in [0, 0.05) is 24.9 Å². The van der Waals surface area contributed by atoms with Crippen LogP contribution in [-0.4, -0.2) is 40.8 Å². The summed E-state index contributed by atoms with van der Waals surface area (Å²) in [7, 11) is 0. The highest BCUT2D eigenvalue weighted by molar-refractivity contribution is 7.09. The molecule has 114 valence electrons. The second-order valence-electron chi connectivity index (χ2n) is 5.25. The summed E-state index contributed by atoms with van der Waals surface area (Å²) in [6.07, 6.45) is 0.515. The van der Waals surface area contributed by atoms with Gasteiger partial charge in [-0.25, -0.2) is 4.98 Å². The van der Waals surface area contributed by atoms with Crippen LogP contribution in [0.3, 0.4) is 0 Å². The van der Waals surface area contributed by atoms with E-state index in [1.165, 1.54) is 11.3 Å². The molecule has 5 nitrogen and oxygen atoms in total. The van der Waals surface area contributed by atoms with E-state index in [1.54, 1.807) is 10.3 Å². The number of hydrogen-bond acceptors (Lipinski definition) is 4. The zero-order valence-electron chi connectivity index (χ0n) is 12.3. The summed E-state index contributed by atoms with van der Waals surface area (Å²) in [5, 5.41) is 5.45. The van der Waals surface area contributed by atoms with Gasteiger partial charge in [0.2, 0.25) is 5.91 Å². The van der Waals surface area contributed by atoms with Gasteiger partial charge in [-0.3, -0.25) is 9.59 Å². The monoisotopic (exact) mass is 315 g/mol. The van der Waals surface area contributed by atoms with Crippen LogP contribution in [0.5, 0.6) is 0 Å². The molecule has 2 heterocycles. The molecule has 2 aromatic rings. The molecule has 0 spiro atoms. The maximum absolute atomic E-state index is 12.6. The van der Waals surface area contributed by atoms with Crippen molar-refractivity contribution in [2.75, 3.05) is 13.1 Å². The Kier molecular flexibility index (Phi) is 4.20. The third kappa shape index (κ3) is 3.01. The second kappa shape index (κ2) is 6.27. The van der Waals surface area contributed by atoms with Crippen LogP contribution in [0.15, 0.2) is 35.7 Å². The molecular formula is C16H17N3O2S. The van der Waals surface area contributed by atoms with Gasteiger partial charge in [0.25, 0.3) is 5.91 Å². The summed E-state index contributed by atoms with van der Waals surface area (Å²) in [5.74, 6) is -0.268. The van der Waals surface area contributed by atoms with Crippen molar-refractivity contribution in [3.05, 3.63) is 52.0 Å². The van der Waals surface area contributed by atoms with Crippen molar-refractivity contribution >= 4 is 23.2 Å². The molecule has 1 aliphatic rings. The lowest BCUT2D eigenvalue weighted by atomic mass is 10.0. The van der Waals surface area contributed by atoms with Crippen LogP contribution in [0.2, 0.25) is 0 Å². The molecule has 6 heteroatoms. The minimum Gasteiger partial charge on any atom is -0.353 e. The summed E-state index contributed by atoms with van der Waals surface area (Å²) < 4.78 is 0. The van der Waals surface area contributed by atoms with E-state index in [9.17, 15) is 9.59 Å². The van der Waals surface area contributed by atoms with Gasteiger partial charge < -0.3 is 10.2 Å². The number of benzene rings is 1. The molecule has 1 saturated heterocycles. The average molecular weight is 315 g/mol. The number of nitrogens with zero attached hydrogens (tertiary/aromatic N) is 2. The van der Waals surface area contributed by atoms with E-state index in [4.69, 9.17) is 0 Å². The first-order valence-electron chi connectivity index (χ1n) is 7.20. The molecule has 0 aliphatic carbocycles. The van der Waals surface area contributed by atoms with Crippen LogP contribution in [0, 0.1) is 6.92 Å². The number of aromatic nitrogens is 1.